The van der Waals surface area contributed by atoms with Crippen molar-refractivity contribution >= 4 is 11.8 Å². The highest BCUT2D eigenvalue weighted by Gasteiger charge is 2.38. The van der Waals surface area contributed by atoms with E-state index in [1.807, 2.05) is 60.4 Å². The van der Waals surface area contributed by atoms with Crippen LogP contribution >= 0.6 is 0 Å². The molecule has 0 radical (unpaired) electrons. The highest BCUT2D eigenvalue weighted by atomic mass is 16.2. The number of likely N-dealkylation sites (tertiary alicyclic amines) is 2. The fraction of sp³-hybridized carbons (Fsp3) is 0.310. The van der Waals surface area contributed by atoms with Crippen molar-refractivity contribution in [3.05, 3.63) is 101 Å². The van der Waals surface area contributed by atoms with Gasteiger partial charge in [0.25, 0.3) is 11.8 Å². The second-order valence-corrected chi connectivity index (χ2v) is 9.55. The third kappa shape index (κ3) is 4.30. The first kappa shape index (κ1) is 22.8. The Kier molecular flexibility index (Phi) is 6.08. The van der Waals surface area contributed by atoms with Gasteiger partial charge in [0.05, 0.1) is 11.5 Å². The molecule has 6 heteroatoms. The van der Waals surface area contributed by atoms with Crippen LogP contribution in [0.4, 0.5) is 0 Å². The zero-order valence-electron chi connectivity index (χ0n) is 19.9. The molecule has 2 aliphatic heterocycles. The minimum Gasteiger partial charge on any atom is -0.337 e. The summed E-state index contributed by atoms with van der Waals surface area (Å²) >= 11 is 0. The third-order valence-corrected chi connectivity index (χ3v) is 7.44. The summed E-state index contributed by atoms with van der Waals surface area (Å²) < 4.78 is 0. The Balaban J connectivity index is 1.26. The first-order valence-electron chi connectivity index (χ1n) is 12.1. The van der Waals surface area contributed by atoms with E-state index in [1.165, 1.54) is 5.56 Å². The Morgan fingerprint density at radius 2 is 1.57 bits per heavy atom. The van der Waals surface area contributed by atoms with E-state index >= 15 is 0 Å². The number of piperidine rings is 1. The van der Waals surface area contributed by atoms with Gasteiger partial charge in [0.2, 0.25) is 0 Å². The minimum atomic E-state index is -0.577. The molecule has 0 saturated carbocycles. The number of hydrogen-bond donors (Lipinski definition) is 0. The highest BCUT2D eigenvalue weighted by Crippen LogP contribution is 2.35. The number of benzene rings is 2. The van der Waals surface area contributed by atoms with Crippen LogP contribution in [-0.2, 0) is 5.41 Å². The minimum absolute atomic E-state index is 0.0580. The van der Waals surface area contributed by atoms with Crippen molar-refractivity contribution in [3.8, 4) is 6.07 Å². The Morgan fingerprint density at radius 1 is 0.943 bits per heavy atom. The van der Waals surface area contributed by atoms with Crippen LogP contribution < -0.4 is 0 Å². The predicted molar refractivity (Wildman–Crippen MR) is 133 cm³/mol. The van der Waals surface area contributed by atoms with E-state index in [0.717, 1.165) is 11.1 Å². The number of carbonyl (C=O) groups excluding carboxylic acids is 2. The molecule has 0 atom stereocenters. The zero-order valence-corrected chi connectivity index (χ0v) is 19.9. The molecule has 2 aromatic carbocycles. The summed E-state index contributed by atoms with van der Waals surface area (Å²) in [5.41, 5.74) is 3.24. The standard InChI is InChI=1S/C29H28N4O2/c1-21-17-31-26(16-25(21)27(34)33-18-23(19-33)22-8-4-2-5-9-22)28(35)32-14-12-29(20-30,13-15-32)24-10-6-3-7-11-24/h2-11,16-17,23H,12-15,18-19H2,1H3. The fourth-order valence-electron chi connectivity index (χ4n) is 5.10. The van der Waals surface area contributed by atoms with Crippen LogP contribution in [0.1, 0.15) is 56.3 Å². The molecular weight excluding hydrogens is 436 g/mol. The quantitative estimate of drug-likeness (QED) is 0.576. The molecule has 0 unspecified atom stereocenters. The molecule has 0 N–H and O–H groups in total. The molecule has 3 heterocycles. The number of nitriles is 1. The van der Waals surface area contributed by atoms with Crippen molar-refractivity contribution in [2.75, 3.05) is 26.2 Å². The molecule has 6 nitrogen and oxygen atoms in total. The van der Waals surface area contributed by atoms with Gasteiger partial charge in [-0.15, -0.1) is 0 Å². The molecule has 35 heavy (non-hydrogen) atoms. The average Bonchev–Trinajstić information content (AvgIpc) is 2.89. The SMILES string of the molecule is Cc1cnc(C(=O)N2CCC(C#N)(c3ccccc3)CC2)cc1C(=O)N1CC(c2ccccc2)C1. The lowest BCUT2D eigenvalue weighted by Gasteiger charge is -2.40. The smallest absolute Gasteiger partial charge is 0.272 e. The molecule has 0 aliphatic carbocycles. The van der Waals surface area contributed by atoms with Crippen molar-refractivity contribution in [1.82, 2.24) is 14.8 Å². The lowest BCUT2D eigenvalue weighted by molar-refractivity contribution is 0.0601. The van der Waals surface area contributed by atoms with E-state index in [9.17, 15) is 14.9 Å². The van der Waals surface area contributed by atoms with E-state index in [-0.39, 0.29) is 17.5 Å². The van der Waals surface area contributed by atoms with E-state index in [0.29, 0.717) is 50.5 Å². The van der Waals surface area contributed by atoms with Crippen LogP contribution in [0.5, 0.6) is 0 Å². The Morgan fingerprint density at radius 3 is 2.20 bits per heavy atom. The summed E-state index contributed by atoms with van der Waals surface area (Å²) in [5.74, 6) is 0.100. The van der Waals surface area contributed by atoms with Crippen molar-refractivity contribution in [2.45, 2.75) is 31.1 Å². The van der Waals surface area contributed by atoms with Crippen molar-refractivity contribution in [2.24, 2.45) is 0 Å². The first-order valence-corrected chi connectivity index (χ1v) is 12.1. The van der Waals surface area contributed by atoms with Gasteiger partial charge in [0.15, 0.2) is 0 Å². The summed E-state index contributed by atoms with van der Waals surface area (Å²) in [7, 11) is 0. The van der Waals surface area contributed by atoms with Gasteiger partial charge in [0.1, 0.15) is 5.69 Å². The highest BCUT2D eigenvalue weighted by molar-refractivity contribution is 6.00. The molecule has 0 bridgehead atoms. The molecule has 2 amide bonds. The number of aryl methyl sites for hydroxylation is 1. The van der Waals surface area contributed by atoms with Crippen LogP contribution in [-0.4, -0.2) is 52.8 Å². The van der Waals surface area contributed by atoms with E-state index < -0.39 is 5.41 Å². The van der Waals surface area contributed by atoms with Crippen LogP contribution in [0.25, 0.3) is 0 Å². The Labute approximate surface area is 205 Å². The van der Waals surface area contributed by atoms with E-state index in [2.05, 4.69) is 23.2 Å². The summed E-state index contributed by atoms with van der Waals surface area (Å²) in [6.45, 7) is 4.16. The maximum Gasteiger partial charge on any atom is 0.272 e. The van der Waals surface area contributed by atoms with Crippen molar-refractivity contribution in [1.29, 1.82) is 5.26 Å². The van der Waals surface area contributed by atoms with Gasteiger partial charge in [-0.25, -0.2) is 0 Å². The number of nitrogens with zero attached hydrogens (tertiary/aromatic N) is 4. The number of hydrogen-bond acceptors (Lipinski definition) is 4. The van der Waals surface area contributed by atoms with Gasteiger partial charge in [0, 0.05) is 43.9 Å². The number of amides is 2. The second-order valence-electron chi connectivity index (χ2n) is 9.55. The number of aromatic nitrogens is 1. The number of rotatable bonds is 4. The summed E-state index contributed by atoms with van der Waals surface area (Å²) in [6.07, 6.45) is 2.76. The predicted octanol–water partition coefficient (Wildman–Crippen LogP) is 4.33. The molecule has 2 aliphatic rings. The molecule has 5 rings (SSSR count). The summed E-state index contributed by atoms with van der Waals surface area (Å²) in [6, 6.07) is 24.2. The summed E-state index contributed by atoms with van der Waals surface area (Å²) in [4.78, 5) is 34.4. The second kappa shape index (κ2) is 9.34. The van der Waals surface area contributed by atoms with Gasteiger partial charge in [-0.3, -0.25) is 14.6 Å². The van der Waals surface area contributed by atoms with Gasteiger partial charge in [-0.2, -0.15) is 5.26 Å². The molecule has 2 saturated heterocycles. The fourth-order valence-corrected chi connectivity index (χ4v) is 5.10. The summed E-state index contributed by atoms with van der Waals surface area (Å²) in [5, 5.41) is 9.93. The van der Waals surface area contributed by atoms with Gasteiger partial charge in [-0.05, 0) is 42.5 Å². The Bertz CT molecular complexity index is 1270. The molecule has 3 aromatic rings. The monoisotopic (exact) mass is 464 g/mol. The maximum absolute atomic E-state index is 13.3. The van der Waals surface area contributed by atoms with Crippen LogP contribution in [0.15, 0.2) is 72.9 Å². The van der Waals surface area contributed by atoms with Crippen LogP contribution in [0, 0.1) is 18.3 Å². The van der Waals surface area contributed by atoms with Gasteiger partial charge < -0.3 is 9.80 Å². The Hall–Kier alpha value is -3.98. The molecule has 2 fully saturated rings. The van der Waals surface area contributed by atoms with Crippen LogP contribution in [0.3, 0.4) is 0 Å². The number of pyridine rings is 1. The first-order chi connectivity index (χ1) is 17.0. The van der Waals surface area contributed by atoms with Gasteiger partial charge in [-0.1, -0.05) is 60.7 Å². The van der Waals surface area contributed by atoms with Gasteiger partial charge >= 0.3 is 0 Å². The van der Waals surface area contributed by atoms with Crippen molar-refractivity contribution in [3.63, 3.8) is 0 Å². The third-order valence-electron chi connectivity index (χ3n) is 7.44. The van der Waals surface area contributed by atoms with E-state index in [1.54, 1.807) is 17.2 Å². The lowest BCUT2D eigenvalue weighted by Crippen LogP contribution is -2.48. The van der Waals surface area contributed by atoms with Crippen LogP contribution in [0.2, 0.25) is 0 Å². The zero-order chi connectivity index (χ0) is 24.4. The maximum atomic E-state index is 13.3. The molecular formula is C29H28N4O2. The van der Waals surface area contributed by atoms with Crippen molar-refractivity contribution < 1.29 is 9.59 Å². The average molecular weight is 465 g/mol. The largest absolute Gasteiger partial charge is 0.337 e. The molecule has 176 valence electrons. The topological polar surface area (TPSA) is 77.3 Å². The van der Waals surface area contributed by atoms with E-state index in [4.69, 9.17) is 0 Å². The molecule has 0 spiro atoms. The molecule has 1 aromatic heterocycles. The lowest BCUT2D eigenvalue weighted by atomic mass is 9.74. The normalized spacial score (nSPS) is 17.4. The number of carbonyl (C=O) groups is 2.